The van der Waals surface area contributed by atoms with Gasteiger partial charge < -0.3 is 4.57 Å². The molecule has 0 amide bonds. The topological polar surface area (TPSA) is 68.2 Å². The molecule has 1 aliphatic carbocycles. The maximum absolute atomic E-state index is 12.3. The number of hydrogen-bond acceptors (Lipinski definition) is 3. The predicted octanol–water partition coefficient (Wildman–Crippen LogP) is 1.90. The van der Waals surface area contributed by atoms with Gasteiger partial charge >= 0.3 is 0 Å². The first-order valence-electron chi connectivity index (χ1n) is 7.48. The number of sulfonamides is 1. The van der Waals surface area contributed by atoms with Crippen LogP contribution in [0.1, 0.15) is 24.0 Å². The number of rotatable bonds is 3. The second-order valence-electron chi connectivity index (χ2n) is 5.92. The quantitative estimate of drug-likeness (QED) is 0.934. The van der Waals surface area contributed by atoms with Crippen LogP contribution < -0.4 is 10.3 Å². The molecule has 1 aliphatic rings. The highest BCUT2D eigenvalue weighted by Gasteiger charge is 2.19. The number of fused-ring (bicyclic) bond motifs is 1. The van der Waals surface area contributed by atoms with E-state index < -0.39 is 10.0 Å². The van der Waals surface area contributed by atoms with Gasteiger partial charge in [-0.1, -0.05) is 12.1 Å². The van der Waals surface area contributed by atoms with Crippen molar-refractivity contribution in [2.45, 2.75) is 25.7 Å². The molecule has 0 fully saturated rings. The van der Waals surface area contributed by atoms with Crippen LogP contribution in [0.25, 0.3) is 11.1 Å². The summed E-state index contributed by atoms with van der Waals surface area (Å²) in [5, 5.41) is 0. The fourth-order valence-corrected chi connectivity index (χ4v) is 3.60. The van der Waals surface area contributed by atoms with E-state index in [0.717, 1.165) is 54.2 Å². The molecule has 23 heavy (non-hydrogen) atoms. The molecule has 0 saturated heterocycles. The van der Waals surface area contributed by atoms with E-state index in [1.54, 1.807) is 29.9 Å². The van der Waals surface area contributed by atoms with Crippen LogP contribution in [0.3, 0.4) is 0 Å². The molecular weight excluding hydrogens is 312 g/mol. The Morgan fingerprint density at radius 1 is 1.22 bits per heavy atom. The van der Waals surface area contributed by atoms with Crippen LogP contribution in [-0.4, -0.2) is 19.2 Å². The second-order valence-corrected chi connectivity index (χ2v) is 7.67. The van der Waals surface area contributed by atoms with E-state index in [9.17, 15) is 13.2 Å². The van der Waals surface area contributed by atoms with Crippen LogP contribution in [0.15, 0.2) is 23.1 Å². The second kappa shape index (κ2) is 5.74. The van der Waals surface area contributed by atoms with Crippen molar-refractivity contribution in [2.24, 2.45) is 7.05 Å². The summed E-state index contributed by atoms with van der Waals surface area (Å²) in [6.45, 7) is 0. The lowest BCUT2D eigenvalue weighted by Gasteiger charge is -2.20. The van der Waals surface area contributed by atoms with Crippen molar-refractivity contribution >= 4 is 15.7 Å². The Kier molecular flexibility index (Phi) is 3.90. The number of nitrogens with one attached hydrogen (secondary N) is 1. The molecule has 1 heterocycles. The third-order valence-corrected chi connectivity index (χ3v) is 4.63. The van der Waals surface area contributed by atoms with E-state index >= 15 is 0 Å². The van der Waals surface area contributed by atoms with Gasteiger partial charge in [0.2, 0.25) is 10.0 Å². The molecule has 2 aromatic rings. The van der Waals surface area contributed by atoms with Crippen molar-refractivity contribution in [3.63, 3.8) is 0 Å². The molecule has 0 aliphatic heterocycles. The Hall–Kier alpha value is -2.26. The first-order chi connectivity index (χ1) is 10.8. The third-order valence-electron chi connectivity index (χ3n) is 4.02. The molecule has 0 spiro atoms. The summed E-state index contributed by atoms with van der Waals surface area (Å²) in [4.78, 5) is 12.3. The van der Waals surface area contributed by atoms with Crippen LogP contribution in [-0.2, 0) is 29.9 Å². The van der Waals surface area contributed by atoms with E-state index in [2.05, 4.69) is 16.9 Å². The minimum absolute atomic E-state index is 0.0536. The highest BCUT2D eigenvalue weighted by atomic mass is 32.2. The van der Waals surface area contributed by atoms with Gasteiger partial charge in [0, 0.05) is 36.0 Å². The molecule has 120 valence electrons. The lowest BCUT2D eigenvalue weighted by atomic mass is 9.87. The van der Waals surface area contributed by atoms with Gasteiger partial charge in [0.05, 0.1) is 11.9 Å². The number of aryl methyl sites for hydroxylation is 1. The molecule has 5 nitrogen and oxygen atoms in total. The van der Waals surface area contributed by atoms with Crippen molar-refractivity contribution in [1.29, 1.82) is 0 Å². The molecule has 3 rings (SSSR count). The number of pyridine rings is 1. The zero-order valence-corrected chi connectivity index (χ0v) is 14.0. The summed E-state index contributed by atoms with van der Waals surface area (Å²) in [5.41, 5.74) is 4.09. The molecule has 0 bridgehead atoms. The zero-order chi connectivity index (χ0) is 16.6. The molecule has 1 aromatic carbocycles. The Morgan fingerprint density at radius 2 is 1.91 bits per heavy atom. The average molecular weight is 330 g/mol. The Morgan fingerprint density at radius 3 is 2.61 bits per heavy atom. The van der Waals surface area contributed by atoms with Crippen molar-refractivity contribution in [3.05, 3.63) is 51.9 Å². The summed E-state index contributed by atoms with van der Waals surface area (Å²) in [6, 6.07) is 9.15. The van der Waals surface area contributed by atoms with E-state index in [1.807, 2.05) is 0 Å². The van der Waals surface area contributed by atoms with Gasteiger partial charge in [0.15, 0.2) is 0 Å². The Balaban J connectivity index is 2.14. The van der Waals surface area contributed by atoms with E-state index in [-0.39, 0.29) is 5.56 Å². The van der Waals surface area contributed by atoms with Crippen LogP contribution in [0.2, 0.25) is 0 Å². The first-order valence-corrected chi connectivity index (χ1v) is 9.37. The molecule has 1 N–H and O–H groups in total. The largest absolute Gasteiger partial charge is 0.318 e. The van der Waals surface area contributed by atoms with E-state index in [1.165, 1.54) is 0 Å². The first kappa shape index (κ1) is 15.6. The third kappa shape index (κ3) is 3.25. The molecule has 0 radical (unpaired) electrons. The molecular formula is C17H18N2O3S. The predicted molar refractivity (Wildman–Crippen MR) is 89.9 cm³/mol. The summed E-state index contributed by atoms with van der Waals surface area (Å²) in [5.74, 6) is 0. The number of aromatic nitrogens is 1. The Bertz CT molecular complexity index is 914. The van der Waals surface area contributed by atoms with E-state index in [4.69, 9.17) is 0 Å². The van der Waals surface area contributed by atoms with Crippen LogP contribution in [0.4, 0.5) is 5.69 Å². The number of hydrogen-bond donors (Lipinski definition) is 1. The van der Waals surface area contributed by atoms with Crippen LogP contribution >= 0.6 is 0 Å². The number of anilines is 1. The van der Waals surface area contributed by atoms with Gasteiger partial charge in [0.25, 0.3) is 5.56 Å². The van der Waals surface area contributed by atoms with Gasteiger partial charge in [-0.2, -0.15) is 0 Å². The summed E-state index contributed by atoms with van der Waals surface area (Å²) in [6.07, 6.45) is 6.64. The zero-order valence-electron chi connectivity index (χ0n) is 13.1. The molecule has 0 unspecified atom stereocenters. The Labute approximate surface area is 136 Å². The normalized spacial score (nSPS) is 14.0. The average Bonchev–Trinajstić information content (AvgIpc) is 2.49. The fourth-order valence-electron chi connectivity index (χ4n) is 3.06. The van der Waals surface area contributed by atoms with Crippen LogP contribution in [0.5, 0.6) is 0 Å². The van der Waals surface area contributed by atoms with Gasteiger partial charge in [-0.3, -0.25) is 9.52 Å². The minimum Gasteiger partial charge on any atom is -0.318 e. The SMILES string of the molecule is Cn1cc(-c2c#ccc(NS(C)(=O)=O)c2)c2c(c1=O)CCCC2. The highest BCUT2D eigenvalue weighted by Crippen LogP contribution is 2.29. The smallest absolute Gasteiger partial charge is 0.253 e. The van der Waals surface area contributed by atoms with Crippen molar-refractivity contribution < 1.29 is 8.42 Å². The summed E-state index contributed by atoms with van der Waals surface area (Å²) in [7, 11) is -1.61. The molecule has 1 aromatic heterocycles. The standard InChI is InChI=1S/C17H18N2O3S/c1-19-11-16(14-8-3-4-9-15(14)17(19)20)12-6-5-7-13(10-12)18-23(2,21)22/h7,10-11,18H,3-4,8-9H2,1-2H3. The van der Waals surface area contributed by atoms with Gasteiger partial charge in [-0.15, -0.1) is 0 Å². The van der Waals surface area contributed by atoms with Crippen molar-refractivity contribution in [1.82, 2.24) is 4.57 Å². The maximum atomic E-state index is 12.3. The summed E-state index contributed by atoms with van der Waals surface area (Å²) < 4.78 is 26.8. The molecule has 6 heteroatoms. The summed E-state index contributed by atoms with van der Waals surface area (Å²) >= 11 is 0. The minimum atomic E-state index is -3.35. The monoisotopic (exact) mass is 330 g/mol. The highest BCUT2D eigenvalue weighted by molar-refractivity contribution is 7.92. The molecule has 0 atom stereocenters. The fraction of sp³-hybridized carbons (Fsp3) is 0.353. The van der Waals surface area contributed by atoms with Gasteiger partial charge in [-0.05, 0) is 37.3 Å². The van der Waals surface area contributed by atoms with Crippen molar-refractivity contribution in [3.8, 4) is 11.1 Å². The van der Waals surface area contributed by atoms with Gasteiger partial charge in [0.1, 0.15) is 0 Å². The van der Waals surface area contributed by atoms with Gasteiger partial charge in [-0.25, -0.2) is 8.42 Å². The van der Waals surface area contributed by atoms with Crippen LogP contribution in [0, 0.1) is 12.1 Å². The molecule has 0 saturated carbocycles. The maximum Gasteiger partial charge on any atom is 0.253 e. The lowest BCUT2D eigenvalue weighted by molar-refractivity contribution is 0.607. The lowest BCUT2D eigenvalue weighted by Crippen LogP contribution is -2.25. The van der Waals surface area contributed by atoms with Crippen molar-refractivity contribution in [2.75, 3.05) is 11.0 Å². The number of nitrogens with zero attached hydrogens (tertiary/aromatic N) is 1. The van der Waals surface area contributed by atoms with E-state index in [0.29, 0.717) is 5.69 Å².